The third kappa shape index (κ3) is 7.03. The molecule has 2 N–H and O–H groups in total. The van der Waals surface area contributed by atoms with Crippen molar-refractivity contribution in [1.29, 1.82) is 0 Å². The lowest BCUT2D eigenvalue weighted by Crippen LogP contribution is -2.34. The maximum absolute atomic E-state index is 12.6. The Balaban J connectivity index is 1.71. The fourth-order valence-electron chi connectivity index (χ4n) is 2.74. The molecule has 30 heavy (non-hydrogen) atoms. The first-order valence-electron chi connectivity index (χ1n) is 9.84. The van der Waals surface area contributed by atoms with Gasteiger partial charge in [0.05, 0.1) is 13.7 Å². The Morgan fingerprint density at radius 1 is 1.00 bits per heavy atom. The molecule has 1 amide bonds. The number of ether oxygens (including phenoxy) is 2. The van der Waals surface area contributed by atoms with Crippen LogP contribution in [0.3, 0.4) is 0 Å². The maximum Gasteiger partial charge on any atom is 0.244 e. The Morgan fingerprint density at radius 3 is 2.33 bits per heavy atom. The molecular weight excluding hydrogens is 404 g/mol. The van der Waals surface area contributed by atoms with Crippen LogP contribution < -0.4 is 19.5 Å². The number of carbonyl (C=O) groups is 1. The molecule has 0 fully saturated rings. The number of nitrogens with one attached hydrogen (secondary N) is 2. The van der Waals surface area contributed by atoms with Crippen LogP contribution in [0.4, 0.5) is 0 Å². The summed E-state index contributed by atoms with van der Waals surface area (Å²) in [7, 11) is -2.30. The summed E-state index contributed by atoms with van der Waals surface area (Å²) in [5, 5.41) is 2.71. The number of rotatable bonds is 11. The Kier molecular flexibility index (Phi) is 8.68. The van der Waals surface area contributed by atoms with Gasteiger partial charge in [0, 0.05) is 19.5 Å². The molecular formula is C22H30N2O5S. The number of methoxy groups -OCH3 is 1. The quantitative estimate of drug-likeness (QED) is 0.531. The highest BCUT2D eigenvalue weighted by Crippen LogP contribution is 2.27. The molecule has 0 saturated carbocycles. The van der Waals surface area contributed by atoms with Gasteiger partial charge in [-0.15, -0.1) is 0 Å². The number of amides is 1. The van der Waals surface area contributed by atoms with E-state index in [1.807, 2.05) is 45.0 Å². The van der Waals surface area contributed by atoms with Gasteiger partial charge in [-0.05, 0) is 62.6 Å². The molecule has 2 aromatic rings. The van der Waals surface area contributed by atoms with Crippen LogP contribution in [0, 0.1) is 20.8 Å². The van der Waals surface area contributed by atoms with E-state index in [9.17, 15) is 13.2 Å². The molecule has 2 aromatic carbocycles. The predicted octanol–water partition coefficient (Wildman–Crippen LogP) is 2.87. The molecule has 0 saturated heterocycles. The van der Waals surface area contributed by atoms with Crippen LogP contribution in [0.5, 0.6) is 11.5 Å². The summed E-state index contributed by atoms with van der Waals surface area (Å²) in [6, 6.07) is 11.0. The van der Waals surface area contributed by atoms with E-state index in [1.54, 1.807) is 12.1 Å². The molecule has 0 unspecified atom stereocenters. The predicted molar refractivity (Wildman–Crippen MR) is 117 cm³/mol. The normalized spacial score (nSPS) is 11.2. The lowest BCUT2D eigenvalue weighted by molar-refractivity contribution is -0.121. The Labute approximate surface area is 178 Å². The van der Waals surface area contributed by atoms with E-state index in [0.717, 1.165) is 22.4 Å². The summed E-state index contributed by atoms with van der Waals surface area (Å²) in [5.74, 6) is 0.922. The van der Waals surface area contributed by atoms with E-state index < -0.39 is 10.0 Å². The van der Waals surface area contributed by atoms with E-state index in [-0.39, 0.29) is 23.9 Å². The van der Waals surface area contributed by atoms with Gasteiger partial charge in [-0.25, -0.2) is 13.1 Å². The summed E-state index contributed by atoms with van der Waals surface area (Å²) in [5.41, 5.74) is 2.97. The zero-order valence-corrected chi connectivity index (χ0v) is 18.8. The van der Waals surface area contributed by atoms with Gasteiger partial charge in [0.25, 0.3) is 0 Å². The molecule has 7 nitrogen and oxygen atoms in total. The topological polar surface area (TPSA) is 93.7 Å². The molecule has 164 valence electrons. The van der Waals surface area contributed by atoms with E-state index in [2.05, 4.69) is 10.0 Å². The van der Waals surface area contributed by atoms with Crippen LogP contribution in [-0.4, -0.2) is 41.1 Å². The van der Waals surface area contributed by atoms with Crippen molar-refractivity contribution in [3.63, 3.8) is 0 Å². The molecule has 0 aliphatic rings. The summed E-state index contributed by atoms with van der Waals surface area (Å²) in [6.07, 6.45) is 0.884. The Bertz CT molecular complexity index is 956. The van der Waals surface area contributed by atoms with Crippen molar-refractivity contribution >= 4 is 15.9 Å². The molecule has 0 spiro atoms. The SMILES string of the molecule is COc1cc(C)c(C)cc1S(=O)(=O)NCCNC(=O)CCCOc1ccc(C)cc1. The Morgan fingerprint density at radius 2 is 1.67 bits per heavy atom. The highest BCUT2D eigenvalue weighted by molar-refractivity contribution is 7.89. The Hall–Kier alpha value is -2.58. The van der Waals surface area contributed by atoms with Crippen LogP contribution >= 0.6 is 0 Å². The van der Waals surface area contributed by atoms with E-state index in [1.165, 1.54) is 7.11 Å². The summed E-state index contributed by atoms with van der Waals surface area (Å²) in [4.78, 5) is 12.0. The number of sulfonamides is 1. The molecule has 2 rings (SSSR count). The first kappa shape index (κ1) is 23.7. The third-order valence-electron chi connectivity index (χ3n) is 4.65. The van der Waals surface area contributed by atoms with Gasteiger partial charge in [0.15, 0.2) is 0 Å². The van der Waals surface area contributed by atoms with Gasteiger partial charge in [-0.2, -0.15) is 0 Å². The van der Waals surface area contributed by atoms with Gasteiger partial charge >= 0.3 is 0 Å². The van der Waals surface area contributed by atoms with Gasteiger partial charge in [-0.3, -0.25) is 4.79 Å². The molecule has 0 bridgehead atoms. The first-order chi connectivity index (χ1) is 14.2. The summed E-state index contributed by atoms with van der Waals surface area (Å²) in [6.45, 7) is 6.47. The van der Waals surface area contributed by atoms with Crippen molar-refractivity contribution in [2.24, 2.45) is 0 Å². The monoisotopic (exact) mass is 434 g/mol. The molecule has 0 aromatic heterocycles. The highest BCUT2D eigenvalue weighted by atomic mass is 32.2. The number of hydrogen-bond acceptors (Lipinski definition) is 5. The second-order valence-corrected chi connectivity index (χ2v) is 8.84. The molecule has 0 aliphatic heterocycles. The standard InChI is InChI=1S/C22H30N2O5S/c1-16-7-9-19(10-8-16)29-13-5-6-22(25)23-11-12-24-30(26,27)21-15-18(3)17(2)14-20(21)28-4/h7-10,14-15,24H,5-6,11-13H2,1-4H3,(H,23,25). The molecule has 0 radical (unpaired) electrons. The van der Waals surface area contributed by atoms with Gasteiger partial charge < -0.3 is 14.8 Å². The van der Waals surface area contributed by atoms with E-state index in [0.29, 0.717) is 25.2 Å². The van der Waals surface area contributed by atoms with Gasteiger partial charge in [-0.1, -0.05) is 17.7 Å². The van der Waals surface area contributed by atoms with Crippen LogP contribution in [0.2, 0.25) is 0 Å². The van der Waals surface area contributed by atoms with Gasteiger partial charge in [0.2, 0.25) is 15.9 Å². The average molecular weight is 435 g/mol. The molecule has 0 atom stereocenters. The van der Waals surface area contributed by atoms with Crippen molar-refractivity contribution in [2.75, 3.05) is 26.8 Å². The summed E-state index contributed by atoms with van der Waals surface area (Å²) < 4.78 is 38.4. The maximum atomic E-state index is 12.6. The van der Waals surface area contributed by atoms with Crippen LogP contribution in [0.15, 0.2) is 41.3 Å². The minimum absolute atomic E-state index is 0.0873. The van der Waals surface area contributed by atoms with Gasteiger partial charge in [0.1, 0.15) is 16.4 Å². The van der Waals surface area contributed by atoms with Crippen molar-refractivity contribution in [2.45, 2.75) is 38.5 Å². The smallest absolute Gasteiger partial charge is 0.244 e. The second-order valence-electron chi connectivity index (χ2n) is 7.10. The lowest BCUT2D eigenvalue weighted by Gasteiger charge is -2.13. The van der Waals surface area contributed by atoms with Crippen LogP contribution in [0.1, 0.15) is 29.5 Å². The molecule has 8 heteroatoms. The third-order valence-corrected chi connectivity index (χ3v) is 6.13. The number of benzene rings is 2. The lowest BCUT2D eigenvalue weighted by atomic mass is 10.1. The number of hydrogen-bond donors (Lipinski definition) is 2. The fraction of sp³-hybridized carbons (Fsp3) is 0.409. The zero-order chi connectivity index (χ0) is 22.1. The minimum atomic E-state index is -3.74. The highest BCUT2D eigenvalue weighted by Gasteiger charge is 2.20. The van der Waals surface area contributed by atoms with E-state index in [4.69, 9.17) is 9.47 Å². The fourth-order valence-corrected chi connectivity index (χ4v) is 4.01. The van der Waals surface area contributed by atoms with Crippen molar-refractivity contribution in [3.05, 3.63) is 53.1 Å². The van der Waals surface area contributed by atoms with Crippen molar-refractivity contribution in [1.82, 2.24) is 10.0 Å². The first-order valence-corrected chi connectivity index (χ1v) is 11.3. The van der Waals surface area contributed by atoms with Crippen molar-refractivity contribution < 1.29 is 22.7 Å². The number of aryl methyl sites for hydroxylation is 3. The van der Waals surface area contributed by atoms with Crippen molar-refractivity contribution in [3.8, 4) is 11.5 Å². The largest absolute Gasteiger partial charge is 0.495 e. The van der Waals surface area contributed by atoms with Crippen LogP contribution in [0.25, 0.3) is 0 Å². The minimum Gasteiger partial charge on any atom is -0.495 e. The zero-order valence-electron chi connectivity index (χ0n) is 17.9. The van der Waals surface area contributed by atoms with E-state index >= 15 is 0 Å². The number of carbonyl (C=O) groups excluding carboxylic acids is 1. The van der Waals surface area contributed by atoms with Crippen LogP contribution in [-0.2, 0) is 14.8 Å². The average Bonchev–Trinajstić information content (AvgIpc) is 2.71. The molecule has 0 aliphatic carbocycles. The summed E-state index contributed by atoms with van der Waals surface area (Å²) >= 11 is 0. The second kappa shape index (κ2) is 11.0. The molecule has 0 heterocycles.